The summed E-state index contributed by atoms with van der Waals surface area (Å²) in [6.45, 7) is 4.93. The van der Waals surface area contributed by atoms with Gasteiger partial charge in [0.05, 0.1) is 11.6 Å². The summed E-state index contributed by atoms with van der Waals surface area (Å²) in [7, 11) is 0. The molecule has 0 bridgehead atoms. The molecule has 0 aromatic carbocycles. The average Bonchev–Trinajstić information content (AvgIpc) is 2.58. The van der Waals surface area contributed by atoms with Crippen LogP contribution in [0.2, 0.25) is 0 Å². The highest BCUT2D eigenvalue weighted by molar-refractivity contribution is 5.70. The first kappa shape index (κ1) is 14.1. The monoisotopic (exact) mass is 264 g/mol. The number of aryl methyl sites for hydroxylation is 2. The van der Waals surface area contributed by atoms with Crippen molar-refractivity contribution in [3.8, 4) is 0 Å². The van der Waals surface area contributed by atoms with Gasteiger partial charge < -0.3 is 5.11 Å². The minimum atomic E-state index is -0.619. The van der Waals surface area contributed by atoms with Crippen LogP contribution in [0.5, 0.6) is 0 Å². The number of nitrogens with zero attached hydrogens (tertiary/aromatic N) is 2. The molecule has 2 atom stereocenters. The van der Waals surface area contributed by atoms with Crippen LogP contribution >= 0.6 is 0 Å². The molecule has 1 fully saturated rings. The van der Waals surface area contributed by atoms with Crippen molar-refractivity contribution in [3.63, 3.8) is 0 Å². The summed E-state index contributed by atoms with van der Waals surface area (Å²) in [5.74, 6) is -0.532. The van der Waals surface area contributed by atoms with E-state index in [2.05, 4.69) is 18.1 Å². The van der Waals surface area contributed by atoms with Gasteiger partial charge in [0, 0.05) is 12.2 Å². The van der Waals surface area contributed by atoms with Crippen molar-refractivity contribution in [2.75, 3.05) is 0 Å². The molecule has 1 heterocycles. The molecule has 0 spiro atoms. The number of carboxylic acids is 1. The van der Waals surface area contributed by atoms with Gasteiger partial charge in [-0.1, -0.05) is 19.3 Å². The first-order valence-corrected chi connectivity index (χ1v) is 7.38. The number of hydrogen-bond acceptors (Lipinski definition) is 2. The molecule has 19 heavy (non-hydrogen) atoms. The Balaban J connectivity index is 2.15. The predicted octanol–water partition coefficient (Wildman–Crippen LogP) is 3.04. The second-order valence-electron chi connectivity index (χ2n) is 5.64. The maximum absolute atomic E-state index is 11.4. The summed E-state index contributed by atoms with van der Waals surface area (Å²) in [5, 5.41) is 13.9. The fourth-order valence-corrected chi connectivity index (χ4v) is 3.26. The van der Waals surface area contributed by atoms with Crippen LogP contribution in [0, 0.1) is 18.8 Å². The van der Waals surface area contributed by atoms with Gasteiger partial charge in [-0.3, -0.25) is 9.48 Å². The number of rotatable bonds is 4. The number of carboxylic acid groups (broad SMARTS) is 1. The van der Waals surface area contributed by atoms with Crippen LogP contribution in [0.1, 0.15) is 50.4 Å². The van der Waals surface area contributed by atoms with Crippen molar-refractivity contribution in [1.29, 1.82) is 0 Å². The van der Waals surface area contributed by atoms with E-state index in [0.29, 0.717) is 0 Å². The molecule has 1 aliphatic carbocycles. The smallest absolute Gasteiger partial charge is 0.306 e. The minimum absolute atomic E-state index is 0.178. The van der Waals surface area contributed by atoms with Gasteiger partial charge in [-0.25, -0.2) is 0 Å². The van der Waals surface area contributed by atoms with E-state index in [-0.39, 0.29) is 11.8 Å². The van der Waals surface area contributed by atoms with Crippen molar-refractivity contribution in [2.24, 2.45) is 11.8 Å². The van der Waals surface area contributed by atoms with E-state index in [1.54, 1.807) is 0 Å². The SMILES string of the molecule is CCn1nc(C)cc1CC1CCCCCC1C(=O)O. The van der Waals surface area contributed by atoms with Crippen molar-refractivity contribution >= 4 is 5.97 Å². The molecule has 1 aromatic rings. The largest absolute Gasteiger partial charge is 0.481 e. The summed E-state index contributed by atoms with van der Waals surface area (Å²) in [6.07, 6.45) is 6.11. The van der Waals surface area contributed by atoms with Gasteiger partial charge in [-0.15, -0.1) is 0 Å². The van der Waals surface area contributed by atoms with Crippen LogP contribution in [0.3, 0.4) is 0 Å². The molecule has 4 heteroatoms. The lowest BCUT2D eigenvalue weighted by molar-refractivity contribution is -0.143. The van der Waals surface area contributed by atoms with Gasteiger partial charge in [-0.2, -0.15) is 5.10 Å². The molecule has 0 radical (unpaired) electrons. The van der Waals surface area contributed by atoms with Crippen LogP contribution in [-0.4, -0.2) is 20.9 Å². The third kappa shape index (κ3) is 3.37. The molecular weight excluding hydrogens is 240 g/mol. The zero-order valence-electron chi connectivity index (χ0n) is 11.9. The lowest BCUT2D eigenvalue weighted by Crippen LogP contribution is -2.25. The summed E-state index contributed by atoms with van der Waals surface area (Å²) < 4.78 is 2.01. The van der Waals surface area contributed by atoms with Gasteiger partial charge in [0.25, 0.3) is 0 Å². The van der Waals surface area contributed by atoms with Crippen LogP contribution in [0.15, 0.2) is 6.07 Å². The summed E-state index contributed by atoms with van der Waals surface area (Å²) >= 11 is 0. The minimum Gasteiger partial charge on any atom is -0.481 e. The molecule has 1 aliphatic rings. The maximum atomic E-state index is 11.4. The third-order valence-electron chi connectivity index (χ3n) is 4.23. The molecule has 2 rings (SSSR count). The Morgan fingerprint density at radius 1 is 1.42 bits per heavy atom. The van der Waals surface area contributed by atoms with E-state index >= 15 is 0 Å². The molecule has 1 aromatic heterocycles. The average molecular weight is 264 g/mol. The van der Waals surface area contributed by atoms with E-state index in [0.717, 1.165) is 44.3 Å². The van der Waals surface area contributed by atoms with Gasteiger partial charge in [0.15, 0.2) is 0 Å². The zero-order chi connectivity index (χ0) is 13.8. The van der Waals surface area contributed by atoms with Gasteiger partial charge >= 0.3 is 5.97 Å². The molecule has 2 unspecified atom stereocenters. The molecule has 1 saturated carbocycles. The number of aliphatic carboxylic acids is 1. The zero-order valence-corrected chi connectivity index (χ0v) is 11.9. The summed E-state index contributed by atoms with van der Waals surface area (Å²) in [6, 6.07) is 2.10. The third-order valence-corrected chi connectivity index (χ3v) is 4.23. The van der Waals surface area contributed by atoms with Gasteiger partial charge in [0.1, 0.15) is 0 Å². The van der Waals surface area contributed by atoms with E-state index in [4.69, 9.17) is 0 Å². The van der Waals surface area contributed by atoms with Crippen molar-refractivity contribution < 1.29 is 9.90 Å². The van der Waals surface area contributed by atoms with Crippen LogP contribution in [-0.2, 0) is 17.8 Å². The van der Waals surface area contributed by atoms with E-state index in [9.17, 15) is 9.90 Å². The quantitative estimate of drug-likeness (QED) is 0.850. The second kappa shape index (κ2) is 6.22. The number of carbonyl (C=O) groups is 1. The highest BCUT2D eigenvalue weighted by Gasteiger charge is 2.30. The van der Waals surface area contributed by atoms with Crippen molar-refractivity contribution in [2.45, 2.75) is 58.9 Å². The summed E-state index contributed by atoms with van der Waals surface area (Å²) in [5.41, 5.74) is 2.22. The molecule has 0 aliphatic heterocycles. The maximum Gasteiger partial charge on any atom is 0.306 e. The Hall–Kier alpha value is -1.32. The Bertz CT molecular complexity index is 439. The topological polar surface area (TPSA) is 55.1 Å². The van der Waals surface area contributed by atoms with Crippen molar-refractivity contribution in [3.05, 3.63) is 17.5 Å². The van der Waals surface area contributed by atoms with Crippen molar-refractivity contribution in [1.82, 2.24) is 9.78 Å². The highest BCUT2D eigenvalue weighted by atomic mass is 16.4. The molecule has 0 amide bonds. The molecule has 4 nitrogen and oxygen atoms in total. The first-order valence-electron chi connectivity index (χ1n) is 7.38. The van der Waals surface area contributed by atoms with E-state index in [1.165, 1.54) is 12.1 Å². The fourth-order valence-electron chi connectivity index (χ4n) is 3.26. The summed E-state index contributed by atoms with van der Waals surface area (Å²) in [4.78, 5) is 11.4. The lowest BCUT2D eigenvalue weighted by atomic mass is 9.84. The Morgan fingerprint density at radius 2 is 2.16 bits per heavy atom. The van der Waals surface area contributed by atoms with Crippen LogP contribution in [0.4, 0.5) is 0 Å². The normalized spacial score (nSPS) is 24.1. The molecule has 1 N–H and O–H groups in total. The second-order valence-corrected chi connectivity index (χ2v) is 5.64. The number of hydrogen-bond donors (Lipinski definition) is 1. The Labute approximate surface area is 114 Å². The first-order chi connectivity index (χ1) is 9.11. The van der Waals surface area contributed by atoms with Gasteiger partial charge in [0.2, 0.25) is 0 Å². The van der Waals surface area contributed by atoms with Crippen LogP contribution in [0.25, 0.3) is 0 Å². The molecule has 106 valence electrons. The predicted molar refractivity (Wildman–Crippen MR) is 74.0 cm³/mol. The van der Waals surface area contributed by atoms with Gasteiger partial charge in [-0.05, 0) is 45.1 Å². The highest BCUT2D eigenvalue weighted by Crippen LogP contribution is 2.31. The molecule has 0 saturated heterocycles. The lowest BCUT2D eigenvalue weighted by Gasteiger charge is -2.21. The Kier molecular flexibility index (Phi) is 4.61. The fraction of sp³-hybridized carbons (Fsp3) is 0.733. The Morgan fingerprint density at radius 3 is 2.84 bits per heavy atom. The van der Waals surface area contributed by atoms with E-state index in [1.807, 2.05) is 11.6 Å². The standard InChI is InChI=1S/C15H24N2O2/c1-3-17-13(9-11(2)16-17)10-12-7-5-4-6-8-14(12)15(18)19/h9,12,14H,3-8,10H2,1-2H3,(H,18,19). The van der Waals surface area contributed by atoms with E-state index < -0.39 is 5.97 Å². The van der Waals surface area contributed by atoms with Crippen LogP contribution < -0.4 is 0 Å². The molecular formula is C15H24N2O2. The number of aromatic nitrogens is 2.